The third-order valence-corrected chi connectivity index (χ3v) is 3.95. The van der Waals surface area contributed by atoms with Crippen LogP contribution in [0.15, 0.2) is 30.3 Å². The van der Waals surface area contributed by atoms with Gasteiger partial charge in [0.2, 0.25) is 5.91 Å². The van der Waals surface area contributed by atoms with E-state index in [1.807, 2.05) is 25.1 Å². The maximum absolute atomic E-state index is 11.8. The lowest BCUT2D eigenvalue weighted by molar-refractivity contribution is -0.122. The van der Waals surface area contributed by atoms with Crippen LogP contribution >= 0.6 is 15.9 Å². The first-order valence-electron chi connectivity index (χ1n) is 5.63. The summed E-state index contributed by atoms with van der Waals surface area (Å²) in [6.07, 6.45) is 0.991. The molecule has 0 spiro atoms. The molecule has 1 aromatic carbocycles. The molecule has 1 aliphatic carbocycles. The minimum atomic E-state index is 0.184. The second kappa shape index (κ2) is 5.00. The topological polar surface area (TPSA) is 29.1 Å². The van der Waals surface area contributed by atoms with Gasteiger partial charge in [-0.15, -0.1) is 0 Å². The van der Waals surface area contributed by atoms with Crippen molar-refractivity contribution >= 4 is 21.8 Å². The highest BCUT2D eigenvalue weighted by Crippen LogP contribution is 2.47. The number of carbonyl (C=O) groups excluding carboxylic acids is 1. The van der Waals surface area contributed by atoms with E-state index in [4.69, 9.17) is 0 Å². The van der Waals surface area contributed by atoms with Crippen LogP contribution < -0.4 is 5.32 Å². The number of hydrogen-bond donors (Lipinski definition) is 1. The number of rotatable bonds is 4. The smallest absolute Gasteiger partial charge is 0.223 e. The van der Waals surface area contributed by atoms with Crippen molar-refractivity contribution < 1.29 is 4.79 Å². The Balaban J connectivity index is 1.89. The van der Waals surface area contributed by atoms with Gasteiger partial charge in [0, 0.05) is 17.3 Å². The van der Waals surface area contributed by atoms with E-state index in [1.54, 1.807) is 0 Å². The molecule has 1 saturated carbocycles. The van der Waals surface area contributed by atoms with E-state index in [2.05, 4.69) is 33.4 Å². The van der Waals surface area contributed by atoms with Crippen molar-refractivity contribution in [2.45, 2.75) is 25.3 Å². The molecule has 1 aliphatic rings. The summed E-state index contributed by atoms with van der Waals surface area (Å²) >= 11 is 3.36. The Morgan fingerprint density at radius 2 is 2.19 bits per heavy atom. The summed E-state index contributed by atoms with van der Waals surface area (Å²) < 4.78 is 0. The Kier molecular flexibility index (Phi) is 3.64. The van der Waals surface area contributed by atoms with Crippen LogP contribution in [0.1, 0.15) is 24.8 Å². The highest BCUT2D eigenvalue weighted by molar-refractivity contribution is 9.09. The maximum atomic E-state index is 11.8. The number of halogens is 1. The molecule has 0 saturated heterocycles. The maximum Gasteiger partial charge on any atom is 0.223 e. The number of benzene rings is 1. The Morgan fingerprint density at radius 3 is 2.81 bits per heavy atom. The zero-order chi connectivity index (χ0) is 11.5. The Morgan fingerprint density at radius 1 is 1.50 bits per heavy atom. The molecule has 16 heavy (non-hydrogen) atoms. The van der Waals surface area contributed by atoms with E-state index >= 15 is 0 Å². The van der Waals surface area contributed by atoms with Gasteiger partial charge in [0.1, 0.15) is 0 Å². The van der Waals surface area contributed by atoms with Crippen LogP contribution in [-0.4, -0.2) is 17.3 Å². The van der Waals surface area contributed by atoms with Gasteiger partial charge < -0.3 is 5.32 Å². The van der Waals surface area contributed by atoms with Gasteiger partial charge in [0.05, 0.1) is 0 Å². The van der Waals surface area contributed by atoms with Crippen molar-refractivity contribution in [1.29, 1.82) is 0 Å². The molecule has 0 aliphatic heterocycles. The van der Waals surface area contributed by atoms with E-state index in [1.165, 1.54) is 5.56 Å². The van der Waals surface area contributed by atoms with Gasteiger partial charge in [-0.2, -0.15) is 0 Å². The largest absolute Gasteiger partial charge is 0.353 e. The van der Waals surface area contributed by atoms with Gasteiger partial charge in [-0.1, -0.05) is 46.3 Å². The molecule has 0 radical (unpaired) electrons. The molecule has 2 rings (SSSR count). The molecule has 3 unspecified atom stereocenters. The lowest BCUT2D eigenvalue weighted by Gasteiger charge is -2.10. The Bertz CT molecular complexity index is 365. The van der Waals surface area contributed by atoms with Crippen LogP contribution in [-0.2, 0) is 4.79 Å². The number of carbonyl (C=O) groups is 1. The molecule has 86 valence electrons. The predicted octanol–water partition coefficient (Wildman–Crippen LogP) is 2.69. The summed E-state index contributed by atoms with van der Waals surface area (Å²) in [6.45, 7) is 2.01. The molecule has 1 N–H and O–H groups in total. The molecule has 0 bridgehead atoms. The lowest BCUT2D eigenvalue weighted by Crippen LogP contribution is -2.34. The monoisotopic (exact) mass is 281 g/mol. The standard InChI is InChI=1S/C13H16BrNO/c1-9(8-14)15-13(16)12-7-11(12)10-5-3-2-4-6-10/h2-6,9,11-12H,7-8H2,1H3,(H,15,16). The summed E-state index contributed by atoms with van der Waals surface area (Å²) in [5.41, 5.74) is 1.29. The van der Waals surface area contributed by atoms with Crippen molar-refractivity contribution in [2.24, 2.45) is 5.92 Å². The summed E-state index contributed by atoms with van der Waals surface area (Å²) in [7, 11) is 0. The quantitative estimate of drug-likeness (QED) is 0.845. The predicted molar refractivity (Wildman–Crippen MR) is 68.7 cm³/mol. The zero-order valence-electron chi connectivity index (χ0n) is 9.32. The third kappa shape index (κ3) is 2.64. The number of hydrogen-bond acceptors (Lipinski definition) is 1. The summed E-state index contributed by atoms with van der Waals surface area (Å²) in [5, 5.41) is 3.81. The fourth-order valence-electron chi connectivity index (χ4n) is 1.94. The van der Waals surface area contributed by atoms with Crippen LogP contribution in [0.4, 0.5) is 0 Å². The van der Waals surface area contributed by atoms with Gasteiger partial charge in [0.15, 0.2) is 0 Å². The fraction of sp³-hybridized carbons (Fsp3) is 0.462. The van der Waals surface area contributed by atoms with Crippen molar-refractivity contribution in [3.05, 3.63) is 35.9 Å². The molecular weight excluding hydrogens is 266 g/mol. The van der Waals surface area contributed by atoms with E-state index in [0.29, 0.717) is 5.92 Å². The summed E-state index contributed by atoms with van der Waals surface area (Å²) in [5.74, 6) is 0.813. The minimum absolute atomic E-state index is 0.184. The van der Waals surface area contributed by atoms with Gasteiger partial charge in [-0.3, -0.25) is 4.79 Å². The third-order valence-electron chi connectivity index (χ3n) is 2.98. The van der Waals surface area contributed by atoms with Crippen molar-refractivity contribution in [1.82, 2.24) is 5.32 Å². The van der Waals surface area contributed by atoms with Crippen LogP contribution in [0.5, 0.6) is 0 Å². The average Bonchev–Trinajstić information content (AvgIpc) is 3.10. The van der Waals surface area contributed by atoms with Gasteiger partial charge in [-0.05, 0) is 24.8 Å². The molecular formula is C13H16BrNO. The van der Waals surface area contributed by atoms with Crippen molar-refractivity contribution in [3.63, 3.8) is 0 Å². The first-order chi connectivity index (χ1) is 7.72. The molecule has 1 amide bonds. The van der Waals surface area contributed by atoms with E-state index in [0.717, 1.165) is 11.8 Å². The second-order valence-electron chi connectivity index (χ2n) is 4.42. The molecule has 1 fully saturated rings. The average molecular weight is 282 g/mol. The van der Waals surface area contributed by atoms with Crippen molar-refractivity contribution in [3.8, 4) is 0 Å². The molecule has 0 aromatic heterocycles. The lowest BCUT2D eigenvalue weighted by atomic mass is 10.1. The van der Waals surface area contributed by atoms with Crippen LogP contribution in [0.25, 0.3) is 0 Å². The van der Waals surface area contributed by atoms with Crippen LogP contribution in [0.2, 0.25) is 0 Å². The van der Waals surface area contributed by atoms with Gasteiger partial charge in [-0.25, -0.2) is 0 Å². The first kappa shape index (κ1) is 11.6. The van der Waals surface area contributed by atoms with E-state index in [-0.39, 0.29) is 17.9 Å². The van der Waals surface area contributed by atoms with E-state index < -0.39 is 0 Å². The molecule has 0 heterocycles. The molecule has 3 atom stereocenters. The SMILES string of the molecule is CC(CBr)NC(=O)C1CC1c1ccccc1. The summed E-state index contributed by atoms with van der Waals surface area (Å²) in [4.78, 5) is 11.8. The molecule has 2 nitrogen and oxygen atoms in total. The highest BCUT2D eigenvalue weighted by Gasteiger charge is 2.43. The Labute approximate surface area is 105 Å². The van der Waals surface area contributed by atoms with Gasteiger partial charge >= 0.3 is 0 Å². The number of amides is 1. The highest BCUT2D eigenvalue weighted by atomic mass is 79.9. The van der Waals surface area contributed by atoms with Crippen LogP contribution in [0, 0.1) is 5.92 Å². The normalized spacial score (nSPS) is 24.9. The Hall–Kier alpha value is -0.830. The van der Waals surface area contributed by atoms with Crippen LogP contribution in [0.3, 0.4) is 0 Å². The minimum Gasteiger partial charge on any atom is -0.353 e. The van der Waals surface area contributed by atoms with E-state index in [9.17, 15) is 4.79 Å². The fourth-order valence-corrected chi connectivity index (χ4v) is 2.10. The van der Waals surface area contributed by atoms with Crippen molar-refractivity contribution in [2.75, 3.05) is 5.33 Å². The zero-order valence-corrected chi connectivity index (χ0v) is 10.9. The molecule has 1 aromatic rings. The second-order valence-corrected chi connectivity index (χ2v) is 5.07. The first-order valence-corrected chi connectivity index (χ1v) is 6.75. The molecule has 3 heteroatoms. The number of alkyl halides is 1. The van der Waals surface area contributed by atoms with Gasteiger partial charge in [0.25, 0.3) is 0 Å². The summed E-state index contributed by atoms with van der Waals surface area (Å²) in [6, 6.07) is 10.5. The number of nitrogens with one attached hydrogen (secondary N) is 1.